The van der Waals surface area contributed by atoms with Gasteiger partial charge in [-0.1, -0.05) is 12.1 Å². The van der Waals surface area contributed by atoms with Crippen LogP contribution in [0.4, 0.5) is 18.9 Å². The number of halogens is 3. The predicted molar refractivity (Wildman–Crippen MR) is 111 cm³/mol. The minimum Gasteiger partial charge on any atom is -0.493 e. The van der Waals surface area contributed by atoms with Gasteiger partial charge in [0, 0.05) is 31.3 Å². The molecule has 0 radical (unpaired) electrons. The Hall–Kier alpha value is -3.16. The maximum absolute atomic E-state index is 13.0. The molecule has 0 fully saturated rings. The summed E-state index contributed by atoms with van der Waals surface area (Å²) < 4.78 is 56.3. The first-order valence-corrected chi connectivity index (χ1v) is 10.4. The van der Waals surface area contributed by atoms with E-state index in [1.54, 1.807) is 7.11 Å². The van der Waals surface area contributed by atoms with Crippen LogP contribution in [0.1, 0.15) is 34.3 Å². The standard InChI is InChI=1S/C24H22F3NO4/c1-28-11-10-23-9-8-16(31-22(29)14-4-3-5-15(12-14)24(25,26)27)13-19(23)32-21-18(30-2)7-6-17(28)20(21)23/h3-9,12,16,19H,10-11,13H2,1-2H3/t16-,19?,23-/m0/s1. The average Bonchev–Trinajstić information content (AvgIpc) is 3.11. The first-order chi connectivity index (χ1) is 15.2. The number of hydrogen-bond acceptors (Lipinski definition) is 5. The van der Waals surface area contributed by atoms with E-state index in [0.29, 0.717) is 17.9 Å². The highest BCUT2D eigenvalue weighted by atomic mass is 19.4. The second kappa shape index (κ2) is 7.18. The molecule has 0 amide bonds. The number of rotatable bonds is 3. The highest BCUT2D eigenvalue weighted by molar-refractivity contribution is 5.90. The molecular formula is C24H22F3NO4. The van der Waals surface area contributed by atoms with Crippen molar-refractivity contribution in [3.8, 4) is 11.5 Å². The Morgan fingerprint density at radius 3 is 2.81 bits per heavy atom. The van der Waals surface area contributed by atoms with Gasteiger partial charge in [0.25, 0.3) is 0 Å². The van der Waals surface area contributed by atoms with E-state index in [1.807, 2.05) is 31.3 Å². The summed E-state index contributed by atoms with van der Waals surface area (Å²) in [4.78, 5) is 14.8. The minimum atomic E-state index is -4.53. The average molecular weight is 445 g/mol. The quantitative estimate of drug-likeness (QED) is 0.505. The van der Waals surface area contributed by atoms with Crippen LogP contribution in [0.15, 0.2) is 48.6 Å². The Balaban J connectivity index is 1.41. The number of ether oxygens (including phenoxy) is 3. The summed E-state index contributed by atoms with van der Waals surface area (Å²) in [6, 6.07) is 8.17. The van der Waals surface area contributed by atoms with E-state index in [-0.39, 0.29) is 17.1 Å². The molecule has 2 aromatic carbocycles. The maximum Gasteiger partial charge on any atom is 0.416 e. The number of carbonyl (C=O) groups is 1. The number of alkyl halides is 3. The molecule has 2 heterocycles. The van der Waals surface area contributed by atoms with Gasteiger partial charge in [-0.3, -0.25) is 0 Å². The first-order valence-electron chi connectivity index (χ1n) is 10.4. The second-order valence-electron chi connectivity index (χ2n) is 8.43. The Morgan fingerprint density at radius 1 is 1.25 bits per heavy atom. The molecule has 0 aromatic heterocycles. The van der Waals surface area contributed by atoms with Crippen LogP contribution in [-0.4, -0.2) is 38.9 Å². The predicted octanol–water partition coefficient (Wildman–Crippen LogP) is 4.74. The second-order valence-corrected chi connectivity index (χ2v) is 8.43. The molecular weight excluding hydrogens is 423 g/mol. The van der Waals surface area contributed by atoms with Crippen LogP contribution in [0.25, 0.3) is 0 Å². The number of benzene rings is 2. The first kappa shape index (κ1) is 20.7. The third-order valence-electron chi connectivity index (χ3n) is 6.63. The van der Waals surface area contributed by atoms with E-state index in [2.05, 4.69) is 4.90 Å². The SMILES string of the molecule is COc1ccc2c3c1OC1C[C@@H](OC(=O)c4cccc(C(F)(F)F)c4)C=C[C@@]31CCN2C. The topological polar surface area (TPSA) is 48.0 Å². The van der Waals surface area contributed by atoms with Gasteiger partial charge in [-0.2, -0.15) is 13.2 Å². The van der Waals surface area contributed by atoms with Crippen molar-refractivity contribution in [1.82, 2.24) is 0 Å². The van der Waals surface area contributed by atoms with Gasteiger partial charge >= 0.3 is 12.1 Å². The zero-order chi connectivity index (χ0) is 22.7. The number of methoxy groups -OCH3 is 1. The molecule has 0 saturated carbocycles. The molecule has 0 bridgehead atoms. The summed E-state index contributed by atoms with van der Waals surface area (Å²) in [5.74, 6) is 0.564. The largest absolute Gasteiger partial charge is 0.493 e. The smallest absolute Gasteiger partial charge is 0.416 e. The van der Waals surface area contributed by atoms with Crippen molar-refractivity contribution >= 4 is 11.7 Å². The fraction of sp³-hybridized carbons (Fsp3) is 0.375. The van der Waals surface area contributed by atoms with E-state index in [4.69, 9.17) is 14.2 Å². The molecule has 32 heavy (non-hydrogen) atoms. The van der Waals surface area contributed by atoms with E-state index < -0.39 is 23.8 Å². The summed E-state index contributed by atoms with van der Waals surface area (Å²) in [7, 11) is 3.63. The molecule has 0 saturated heterocycles. The van der Waals surface area contributed by atoms with Gasteiger partial charge in [0.15, 0.2) is 11.5 Å². The Labute approximate surface area is 183 Å². The van der Waals surface area contributed by atoms with Crippen molar-refractivity contribution in [2.24, 2.45) is 0 Å². The molecule has 2 aromatic rings. The van der Waals surface area contributed by atoms with Crippen LogP contribution in [0.5, 0.6) is 11.5 Å². The highest BCUT2D eigenvalue weighted by Crippen LogP contribution is 2.58. The Morgan fingerprint density at radius 2 is 2.06 bits per heavy atom. The van der Waals surface area contributed by atoms with Gasteiger partial charge in [-0.15, -0.1) is 0 Å². The minimum absolute atomic E-state index is 0.132. The molecule has 8 heteroatoms. The van der Waals surface area contributed by atoms with Crippen molar-refractivity contribution in [3.63, 3.8) is 0 Å². The van der Waals surface area contributed by atoms with Gasteiger partial charge in [0.05, 0.1) is 23.7 Å². The molecule has 168 valence electrons. The van der Waals surface area contributed by atoms with Crippen LogP contribution in [0.3, 0.4) is 0 Å². The number of anilines is 1. The molecule has 0 N–H and O–H groups in total. The van der Waals surface area contributed by atoms with E-state index in [1.165, 1.54) is 12.1 Å². The maximum atomic E-state index is 13.0. The number of esters is 1. The van der Waals surface area contributed by atoms with E-state index >= 15 is 0 Å². The van der Waals surface area contributed by atoms with Gasteiger partial charge in [0.1, 0.15) is 12.2 Å². The monoisotopic (exact) mass is 445 g/mol. The van der Waals surface area contributed by atoms with Crippen molar-refractivity contribution in [2.45, 2.75) is 36.6 Å². The molecule has 5 rings (SSSR count). The molecule has 3 atom stereocenters. The molecule has 2 aliphatic heterocycles. The summed E-state index contributed by atoms with van der Waals surface area (Å²) in [6.45, 7) is 0.845. The molecule has 3 aliphatic rings. The fourth-order valence-electron chi connectivity index (χ4n) is 4.98. The molecule has 1 spiro atoms. The molecule has 5 nitrogen and oxygen atoms in total. The fourth-order valence-corrected chi connectivity index (χ4v) is 4.98. The van der Waals surface area contributed by atoms with Crippen molar-refractivity contribution < 1.29 is 32.2 Å². The lowest BCUT2D eigenvalue weighted by atomic mass is 9.67. The van der Waals surface area contributed by atoms with Gasteiger partial charge in [-0.05, 0) is 42.8 Å². The lowest BCUT2D eigenvalue weighted by molar-refractivity contribution is -0.137. The van der Waals surface area contributed by atoms with Crippen LogP contribution >= 0.6 is 0 Å². The number of carbonyl (C=O) groups excluding carboxylic acids is 1. The van der Waals surface area contributed by atoms with Crippen LogP contribution < -0.4 is 14.4 Å². The van der Waals surface area contributed by atoms with Crippen LogP contribution in [0.2, 0.25) is 0 Å². The zero-order valence-electron chi connectivity index (χ0n) is 17.6. The zero-order valence-corrected chi connectivity index (χ0v) is 17.6. The van der Waals surface area contributed by atoms with Crippen LogP contribution in [0, 0.1) is 0 Å². The van der Waals surface area contributed by atoms with Crippen molar-refractivity contribution in [3.05, 3.63) is 65.2 Å². The normalized spacial score (nSPS) is 25.6. The van der Waals surface area contributed by atoms with Gasteiger partial charge in [-0.25, -0.2) is 4.79 Å². The van der Waals surface area contributed by atoms with Crippen molar-refractivity contribution in [1.29, 1.82) is 0 Å². The summed E-state index contributed by atoms with van der Waals surface area (Å²) in [5.41, 5.74) is 0.802. The number of hydrogen-bond donors (Lipinski definition) is 0. The Kier molecular flexibility index (Phi) is 4.65. The van der Waals surface area contributed by atoms with Crippen molar-refractivity contribution in [2.75, 3.05) is 25.6 Å². The third kappa shape index (κ3) is 3.12. The Bertz CT molecular complexity index is 1110. The van der Waals surface area contributed by atoms with E-state index in [9.17, 15) is 18.0 Å². The summed E-state index contributed by atoms with van der Waals surface area (Å²) >= 11 is 0. The number of nitrogens with zero attached hydrogens (tertiary/aromatic N) is 1. The van der Waals surface area contributed by atoms with Crippen LogP contribution in [-0.2, 0) is 16.3 Å². The summed E-state index contributed by atoms with van der Waals surface area (Å²) in [6.07, 6.45) is -0.278. The van der Waals surface area contributed by atoms with Gasteiger partial charge < -0.3 is 19.1 Å². The lowest BCUT2D eigenvalue weighted by Crippen LogP contribution is -2.47. The van der Waals surface area contributed by atoms with E-state index in [0.717, 1.165) is 36.3 Å². The van der Waals surface area contributed by atoms with Gasteiger partial charge in [0.2, 0.25) is 0 Å². The highest BCUT2D eigenvalue weighted by Gasteiger charge is 2.54. The molecule has 1 unspecified atom stereocenters. The molecule has 1 aliphatic carbocycles. The third-order valence-corrected chi connectivity index (χ3v) is 6.63. The lowest BCUT2D eigenvalue weighted by Gasteiger charge is -2.42. The summed E-state index contributed by atoms with van der Waals surface area (Å²) in [5, 5.41) is 0.